The van der Waals surface area contributed by atoms with Gasteiger partial charge in [0.2, 0.25) is 11.7 Å². The lowest BCUT2D eigenvalue weighted by atomic mass is 10.2. The van der Waals surface area contributed by atoms with Crippen molar-refractivity contribution in [3.05, 3.63) is 27.7 Å². The van der Waals surface area contributed by atoms with Crippen LogP contribution in [0.3, 0.4) is 0 Å². The molecule has 0 bridgehead atoms. The van der Waals surface area contributed by atoms with Crippen molar-refractivity contribution < 1.29 is 14.5 Å². The standard InChI is InChI=1S/C13H18N4O4/c1-3-21-7-6-16-11(14-9-12(16)17(19)20)8-10-4-5-15(2)13(10)18/h8-9H,3-7H2,1-2H3/b10-8-. The van der Waals surface area contributed by atoms with Gasteiger partial charge in [-0.05, 0) is 18.3 Å². The van der Waals surface area contributed by atoms with Gasteiger partial charge in [0.05, 0.1) is 6.61 Å². The first kappa shape index (κ1) is 15.2. The lowest BCUT2D eigenvalue weighted by Crippen LogP contribution is -2.19. The number of imidazole rings is 1. The smallest absolute Gasteiger partial charge is 0.343 e. The summed E-state index contributed by atoms with van der Waals surface area (Å²) in [6, 6.07) is 0. The summed E-state index contributed by atoms with van der Waals surface area (Å²) in [7, 11) is 1.73. The minimum absolute atomic E-state index is 0.0583. The number of amides is 1. The summed E-state index contributed by atoms with van der Waals surface area (Å²) in [5, 5.41) is 11.0. The van der Waals surface area contributed by atoms with Gasteiger partial charge in [0.25, 0.3) is 0 Å². The molecule has 1 aromatic rings. The molecule has 1 saturated heterocycles. The molecule has 2 rings (SSSR count). The Hall–Kier alpha value is -2.22. The van der Waals surface area contributed by atoms with Crippen LogP contribution in [0.2, 0.25) is 0 Å². The molecule has 0 aliphatic carbocycles. The molecule has 8 heteroatoms. The summed E-state index contributed by atoms with van der Waals surface area (Å²) in [5.74, 6) is 0.261. The van der Waals surface area contributed by atoms with Crippen LogP contribution in [0.15, 0.2) is 11.8 Å². The first-order valence-corrected chi connectivity index (χ1v) is 6.78. The van der Waals surface area contributed by atoms with E-state index in [1.165, 1.54) is 10.8 Å². The number of hydrogen-bond acceptors (Lipinski definition) is 5. The molecular weight excluding hydrogens is 276 g/mol. The van der Waals surface area contributed by atoms with Crippen LogP contribution in [-0.2, 0) is 16.1 Å². The SMILES string of the molecule is CCOCCn1c([N+](=O)[O-])cnc1/C=C1/CCN(C)C1=O. The van der Waals surface area contributed by atoms with E-state index in [0.717, 1.165) is 0 Å². The maximum atomic E-state index is 11.9. The van der Waals surface area contributed by atoms with E-state index in [4.69, 9.17) is 4.74 Å². The van der Waals surface area contributed by atoms with Gasteiger partial charge in [0.1, 0.15) is 12.7 Å². The van der Waals surface area contributed by atoms with E-state index >= 15 is 0 Å². The number of rotatable bonds is 6. The number of likely N-dealkylation sites (tertiary alicyclic amines) is 1. The second-order valence-corrected chi connectivity index (χ2v) is 4.73. The van der Waals surface area contributed by atoms with Crippen LogP contribution >= 0.6 is 0 Å². The molecule has 0 unspecified atom stereocenters. The zero-order valence-corrected chi connectivity index (χ0v) is 12.1. The van der Waals surface area contributed by atoms with Crippen LogP contribution in [0.1, 0.15) is 19.2 Å². The van der Waals surface area contributed by atoms with E-state index in [-0.39, 0.29) is 11.7 Å². The average Bonchev–Trinajstić information content (AvgIpc) is 2.98. The molecule has 1 fully saturated rings. The fourth-order valence-corrected chi connectivity index (χ4v) is 2.20. The minimum Gasteiger partial charge on any atom is -0.378 e. The van der Waals surface area contributed by atoms with Crippen molar-refractivity contribution >= 4 is 17.8 Å². The molecule has 0 N–H and O–H groups in total. The van der Waals surface area contributed by atoms with Gasteiger partial charge >= 0.3 is 5.82 Å². The topological polar surface area (TPSA) is 90.5 Å². The molecule has 21 heavy (non-hydrogen) atoms. The molecule has 1 aliphatic rings. The highest BCUT2D eigenvalue weighted by Gasteiger charge is 2.25. The fourth-order valence-electron chi connectivity index (χ4n) is 2.20. The van der Waals surface area contributed by atoms with Crippen LogP contribution in [-0.4, -0.2) is 52.1 Å². The Morgan fingerprint density at radius 1 is 1.57 bits per heavy atom. The Labute approximate surface area is 122 Å². The molecule has 1 amide bonds. The molecule has 0 atom stereocenters. The third kappa shape index (κ3) is 3.27. The van der Waals surface area contributed by atoms with Gasteiger partial charge in [0.15, 0.2) is 0 Å². The first-order valence-electron chi connectivity index (χ1n) is 6.78. The van der Waals surface area contributed by atoms with Crippen LogP contribution in [0, 0.1) is 10.1 Å². The quantitative estimate of drug-likeness (QED) is 0.339. The summed E-state index contributed by atoms with van der Waals surface area (Å²) >= 11 is 0. The van der Waals surface area contributed by atoms with E-state index < -0.39 is 4.92 Å². The number of aromatic nitrogens is 2. The Balaban J connectivity index is 2.28. The molecule has 0 saturated carbocycles. The van der Waals surface area contributed by atoms with E-state index in [9.17, 15) is 14.9 Å². The normalized spacial score (nSPS) is 17.0. The second kappa shape index (κ2) is 6.49. The second-order valence-electron chi connectivity index (χ2n) is 4.73. The van der Waals surface area contributed by atoms with Gasteiger partial charge in [0, 0.05) is 31.8 Å². The van der Waals surface area contributed by atoms with E-state index in [1.54, 1.807) is 18.0 Å². The zero-order chi connectivity index (χ0) is 15.4. The number of ether oxygens (including phenoxy) is 1. The van der Waals surface area contributed by atoms with Crippen LogP contribution < -0.4 is 0 Å². The molecule has 1 aliphatic heterocycles. The highest BCUT2D eigenvalue weighted by molar-refractivity contribution is 5.99. The Morgan fingerprint density at radius 2 is 2.33 bits per heavy atom. The number of nitrogens with zero attached hydrogens (tertiary/aromatic N) is 4. The molecule has 0 aromatic carbocycles. The highest BCUT2D eigenvalue weighted by atomic mass is 16.6. The lowest BCUT2D eigenvalue weighted by Gasteiger charge is -2.05. The Kier molecular flexibility index (Phi) is 4.69. The van der Waals surface area contributed by atoms with E-state index in [0.29, 0.717) is 44.1 Å². The van der Waals surface area contributed by atoms with Crippen molar-refractivity contribution in [2.75, 3.05) is 26.8 Å². The molecule has 8 nitrogen and oxygen atoms in total. The van der Waals surface area contributed by atoms with Crippen molar-refractivity contribution in [3.63, 3.8) is 0 Å². The molecule has 114 valence electrons. The predicted molar refractivity (Wildman–Crippen MR) is 75.6 cm³/mol. The Bertz CT molecular complexity index is 579. The summed E-state index contributed by atoms with van der Waals surface area (Å²) in [4.78, 5) is 28.1. The zero-order valence-electron chi connectivity index (χ0n) is 12.1. The van der Waals surface area contributed by atoms with Gasteiger partial charge in [-0.15, -0.1) is 0 Å². The third-order valence-corrected chi connectivity index (χ3v) is 3.36. The first-order chi connectivity index (χ1) is 10.0. The summed E-state index contributed by atoms with van der Waals surface area (Å²) < 4.78 is 6.70. The molecule has 0 radical (unpaired) electrons. The minimum atomic E-state index is -0.483. The molecular formula is C13H18N4O4. The van der Waals surface area contributed by atoms with Crippen molar-refractivity contribution in [1.82, 2.24) is 14.5 Å². The van der Waals surface area contributed by atoms with Crippen molar-refractivity contribution in [3.8, 4) is 0 Å². The third-order valence-electron chi connectivity index (χ3n) is 3.36. The van der Waals surface area contributed by atoms with Crippen LogP contribution in [0.4, 0.5) is 5.82 Å². The summed E-state index contributed by atoms with van der Waals surface area (Å²) in [6.07, 6.45) is 3.47. The summed E-state index contributed by atoms with van der Waals surface area (Å²) in [6.45, 7) is 3.75. The average molecular weight is 294 g/mol. The van der Waals surface area contributed by atoms with Gasteiger partial charge in [-0.1, -0.05) is 0 Å². The lowest BCUT2D eigenvalue weighted by molar-refractivity contribution is -0.392. The van der Waals surface area contributed by atoms with Gasteiger partial charge < -0.3 is 19.8 Å². The van der Waals surface area contributed by atoms with Crippen LogP contribution in [0.25, 0.3) is 6.08 Å². The maximum absolute atomic E-state index is 11.9. The summed E-state index contributed by atoms with van der Waals surface area (Å²) in [5.41, 5.74) is 0.621. The monoisotopic (exact) mass is 294 g/mol. The highest BCUT2D eigenvalue weighted by Crippen LogP contribution is 2.21. The van der Waals surface area contributed by atoms with Crippen LogP contribution in [0.5, 0.6) is 0 Å². The van der Waals surface area contributed by atoms with E-state index in [1.807, 2.05) is 6.92 Å². The maximum Gasteiger partial charge on any atom is 0.343 e. The molecule has 2 heterocycles. The van der Waals surface area contributed by atoms with E-state index in [2.05, 4.69) is 4.98 Å². The van der Waals surface area contributed by atoms with Gasteiger partial charge in [-0.3, -0.25) is 4.79 Å². The number of hydrogen-bond donors (Lipinski definition) is 0. The Morgan fingerprint density at radius 3 is 2.90 bits per heavy atom. The van der Waals surface area contributed by atoms with Crippen molar-refractivity contribution in [2.24, 2.45) is 0 Å². The number of nitro groups is 1. The van der Waals surface area contributed by atoms with Crippen molar-refractivity contribution in [2.45, 2.75) is 19.9 Å². The van der Waals surface area contributed by atoms with Crippen molar-refractivity contribution in [1.29, 1.82) is 0 Å². The number of carbonyl (C=O) groups is 1. The largest absolute Gasteiger partial charge is 0.378 e. The van der Waals surface area contributed by atoms with Gasteiger partial charge in [-0.2, -0.15) is 0 Å². The molecule has 0 spiro atoms. The number of carbonyl (C=O) groups excluding carboxylic acids is 1. The predicted octanol–water partition coefficient (Wildman–Crippen LogP) is 1.07. The number of likely N-dealkylation sites (N-methyl/N-ethyl adjacent to an activating group) is 1. The fraction of sp³-hybridized carbons (Fsp3) is 0.538. The van der Waals surface area contributed by atoms with Gasteiger partial charge in [-0.25, -0.2) is 9.55 Å². The molecule has 1 aromatic heterocycles.